The SMILES string of the molecule is CCC(CC)NC(=O)CCCc1nc(-c2cccs2)no1. The van der Waals surface area contributed by atoms with Crippen LogP contribution in [0.1, 0.15) is 45.4 Å². The maximum atomic E-state index is 11.8. The van der Waals surface area contributed by atoms with Gasteiger partial charge in [0.15, 0.2) is 0 Å². The zero-order valence-electron chi connectivity index (χ0n) is 12.5. The molecule has 0 aliphatic carbocycles. The normalized spacial score (nSPS) is 11.0. The molecule has 0 atom stereocenters. The number of nitrogens with one attached hydrogen (secondary N) is 1. The van der Waals surface area contributed by atoms with Crippen molar-refractivity contribution in [2.45, 2.75) is 52.0 Å². The fraction of sp³-hybridized carbons (Fsp3) is 0.533. The van der Waals surface area contributed by atoms with Crippen LogP contribution >= 0.6 is 11.3 Å². The standard InChI is InChI=1S/C15H21N3O2S/c1-3-11(4-2)16-13(19)8-5-9-14-17-15(18-20-14)12-7-6-10-21-12/h6-7,10-11H,3-5,8-9H2,1-2H3,(H,16,19). The summed E-state index contributed by atoms with van der Waals surface area (Å²) in [6.45, 7) is 4.16. The highest BCUT2D eigenvalue weighted by Gasteiger charge is 2.11. The number of hydrogen-bond donors (Lipinski definition) is 1. The van der Waals surface area contributed by atoms with Gasteiger partial charge in [-0.15, -0.1) is 11.3 Å². The highest BCUT2D eigenvalue weighted by atomic mass is 32.1. The summed E-state index contributed by atoms with van der Waals surface area (Å²) in [4.78, 5) is 17.1. The molecule has 0 unspecified atom stereocenters. The fourth-order valence-electron chi connectivity index (χ4n) is 2.06. The Bertz CT molecular complexity index is 547. The van der Waals surface area contributed by atoms with Crippen molar-refractivity contribution in [1.29, 1.82) is 0 Å². The summed E-state index contributed by atoms with van der Waals surface area (Å²) in [5.74, 6) is 1.32. The average Bonchev–Trinajstić information content (AvgIpc) is 3.15. The molecular formula is C15H21N3O2S. The third-order valence-electron chi connectivity index (χ3n) is 3.35. The van der Waals surface area contributed by atoms with Crippen molar-refractivity contribution < 1.29 is 9.32 Å². The lowest BCUT2D eigenvalue weighted by Gasteiger charge is -2.14. The topological polar surface area (TPSA) is 68.0 Å². The number of rotatable bonds is 8. The summed E-state index contributed by atoms with van der Waals surface area (Å²) in [6, 6.07) is 4.20. The molecule has 0 saturated heterocycles. The van der Waals surface area contributed by atoms with E-state index in [0.717, 1.165) is 24.1 Å². The molecule has 21 heavy (non-hydrogen) atoms. The van der Waals surface area contributed by atoms with Gasteiger partial charge in [-0.05, 0) is 30.7 Å². The number of nitrogens with zero attached hydrogens (tertiary/aromatic N) is 2. The van der Waals surface area contributed by atoms with Gasteiger partial charge in [-0.3, -0.25) is 4.79 Å². The quantitative estimate of drug-likeness (QED) is 0.811. The zero-order valence-corrected chi connectivity index (χ0v) is 13.3. The van der Waals surface area contributed by atoms with E-state index in [4.69, 9.17) is 4.52 Å². The minimum absolute atomic E-state index is 0.0988. The molecule has 0 bridgehead atoms. The summed E-state index contributed by atoms with van der Waals surface area (Å²) >= 11 is 1.58. The second-order valence-corrected chi connectivity index (χ2v) is 5.87. The van der Waals surface area contributed by atoms with E-state index in [-0.39, 0.29) is 11.9 Å². The Hall–Kier alpha value is -1.69. The molecule has 1 amide bonds. The maximum Gasteiger partial charge on any atom is 0.226 e. The first-order valence-corrected chi connectivity index (χ1v) is 8.26. The van der Waals surface area contributed by atoms with Gasteiger partial charge in [0, 0.05) is 18.9 Å². The summed E-state index contributed by atoms with van der Waals surface area (Å²) in [7, 11) is 0. The van der Waals surface area contributed by atoms with Crippen molar-refractivity contribution in [2.75, 3.05) is 0 Å². The Balaban J connectivity index is 1.75. The predicted octanol–water partition coefficient (Wildman–Crippen LogP) is 3.43. The number of aryl methyl sites for hydroxylation is 1. The van der Waals surface area contributed by atoms with E-state index in [9.17, 15) is 4.79 Å². The van der Waals surface area contributed by atoms with E-state index in [1.165, 1.54) is 0 Å². The smallest absolute Gasteiger partial charge is 0.226 e. The molecule has 2 aromatic rings. The van der Waals surface area contributed by atoms with Crippen LogP contribution in [0.15, 0.2) is 22.0 Å². The first-order valence-electron chi connectivity index (χ1n) is 7.38. The van der Waals surface area contributed by atoms with E-state index >= 15 is 0 Å². The van der Waals surface area contributed by atoms with Gasteiger partial charge < -0.3 is 9.84 Å². The third kappa shape index (κ3) is 4.67. The highest BCUT2D eigenvalue weighted by molar-refractivity contribution is 7.13. The number of carbonyl (C=O) groups is 1. The number of thiophene rings is 1. The van der Waals surface area contributed by atoms with Crippen LogP contribution in [0, 0.1) is 0 Å². The van der Waals surface area contributed by atoms with Crippen LogP contribution < -0.4 is 5.32 Å². The lowest BCUT2D eigenvalue weighted by molar-refractivity contribution is -0.121. The van der Waals surface area contributed by atoms with Gasteiger partial charge in [-0.1, -0.05) is 25.1 Å². The van der Waals surface area contributed by atoms with Crippen LogP contribution in [0.25, 0.3) is 10.7 Å². The van der Waals surface area contributed by atoms with Crippen LogP contribution in [-0.2, 0) is 11.2 Å². The molecule has 0 spiro atoms. The van der Waals surface area contributed by atoms with Crippen molar-refractivity contribution in [3.8, 4) is 10.7 Å². The first-order chi connectivity index (χ1) is 10.2. The summed E-state index contributed by atoms with van der Waals surface area (Å²) in [6.07, 6.45) is 3.78. The molecule has 5 nitrogen and oxygen atoms in total. The number of amides is 1. The van der Waals surface area contributed by atoms with Crippen molar-refractivity contribution in [3.63, 3.8) is 0 Å². The first kappa shape index (κ1) is 15.7. The Labute approximate surface area is 128 Å². The molecule has 0 aromatic carbocycles. The van der Waals surface area contributed by atoms with Gasteiger partial charge in [-0.2, -0.15) is 4.98 Å². The second kappa shape index (κ2) is 7.93. The zero-order chi connectivity index (χ0) is 15.1. The molecule has 2 rings (SSSR count). The van der Waals surface area contributed by atoms with E-state index in [2.05, 4.69) is 29.3 Å². The monoisotopic (exact) mass is 307 g/mol. The average molecular weight is 307 g/mol. The van der Waals surface area contributed by atoms with Crippen molar-refractivity contribution in [3.05, 3.63) is 23.4 Å². The van der Waals surface area contributed by atoms with Gasteiger partial charge in [-0.25, -0.2) is 0 Å². The molecule has 114 valence electrons. The van der Waals surface area contributed by atoms with E-state index in [0.29, 0.717) is 24.6 Å². The third-order valence-corrected chi connectivity index (χ3v) is 4.22. The van der Waals surface area contributed by atoms with Crippen LogP contribution in [0.5, 0.6) is 0 Å². The second-order valence-electron chi connectivity index (χ2n) is 4.92. The molecule has 0 saturated carbocycles. The molecule has 2 heterocycles. The lowest BCUT2D eigenvalue weighted by Crippen LogP contribution is -2.33. The van der Waals surface area contributed by atoms with Crippen LogP contribution in [0.2, 0.25) is 0 Å². The summed E-state index contributed by atoms with van der Waals surface area (Å²) < 4.78 is 5.21. The van der Waals surface area contributed by atoms with Gasteiger partial charge in [0.2, 0.25) is 17.6 Å². The Morgan fingerprint density at radius 3 is 2.90 bits per heavy atom. The Morgan fingerprint density at radius 1 is 1.43 bits per heavy atom. The largest absolute Gasteiger partial charge is 0.353 e. The van der Waals surface area contributed by atoms with Crippen molar-refractivity contribution in [1.82, 2.24) is 15.5 Å². The van der Waals surface area contributed by atoms with Crippen LogP contribution in [0.4, 0.5) is 0 Å². The predicted molar refractivity (Wildman–Crippen MR) is 83.1 cm³/mol. The van der Waals surface area contributed by atoms with Gasteiger partial charge >= 0.3 is 0 Å². The highest BCUT2D eigenvalue weighted by Crippen LogP contribution is 2.21. The van der Waals surface area contributed by atoms with Gasteiger partial charge in [0.05, 0.1) is 4.88 Å². The molecule has 0 aliphatic heterocycles. The number of carbonyl (C=O) groups excluding carboxylic acids is 1. The number of hydrogen-bond acceptors (Lipinski definition) is 5. The molecule has 2 aromatic heterocycles. The molecular weight excluding hydrogens is 286 g/mol. The van der Waals surface area contributed by atoms with E-state index in [1.54, 1.807) is 11.3 Å². The fourth-order valence-corrected chi connectivity index (χ4v) is 2.70. The summed E-state index contributed by atoms with van der Waals surface area (Å²) in [5.41, 5.74) is 0. The molecule has 0 radical (unpaired) electrons. The minimum Gasteiger partial charge on any atom is -0.353 e. The van der Waals surface area contributed by atoms with Crippen LogP contribution in [-0.4, -0.2) is 22.1 Å². The van der Waals surface area contributed by atoms with E-state index < -0.39 is 0 Å². The minimum atomic E-state index is 0.0988. The molecule has 0 aliphatic rings. The Kier molecular flexibility index (Phi) is 5.92. The van der Waals surface area contributed by atoms with Gasteiger partial charge in [0.1, 0.15) is 0 Å². The van der Waals surface area contributed by atoms with Crippen LogP contribution in [0.3, 0.4) is 0 Å². The molecule has 1 N–H and O–H groups in total. The number of aromatic nitrogens is 2. The van der Waals surface area contributed by atoms with E-state index in [1.807, 2.05) is 17.5 Å². The summed E-state index contributed by atoms with van der Waals surface area (Å²) in [5, 5.41) is 8.96. The maximum absolute atomic E-state index is 11.8. The molecule has 6 heteroatoms. The van der Waals surface area contributed by atoms with Crippen molar-refractivity contribution >= 4 is 17.2 Å². The Morgan fingerprint density at radius 2 is 2.24 bits per heavy atom. The van der Waals surface area contributed by atoms with Crippen molar-refractivity contribution in [2.24, 2.45) is 0 Å². The lowest BCUT2D eigenvalue weighted by atomic mass is 10.1. The van der Waals surface area contributed by atoms with Gasteiger partial charge in [0.25, 0.3) is 0 Å². The molecule has 0 fully saturated rings.